The van der Waals surface area contributed by atoms with Crippen LogP contribution in [0, 0.1) is 0 Å². The van der Waals surface area contributed by atoms with Crippen molar-refractivity contribution in [3.63, 3.8) is 0 Å². The molecule has 5 heteroatoms. The van der Waals surface area contributed by atoms with Gasteiger partial charge in [-0.05, 0) is 44.5 Å². The third kappa shape index (κ3) is 5.15. The zero-order chi connectivity index (χ0) is 17.0. The van der Waals surface area contributed by atoms with Gasteiger partial charge in [0.15, 0.2) is 0 Å². The maximum Gasteiger partial charge on any atom is 0.224 e. The second-order valence-electron chi connectivity index (χ2n) is 6.35. The van der Waals surface area contributed by atoms with Crippen LogP contribution in [0.25, 0.3) is 0 Å². The number of benzene rings is 2. The quantitative estimate of drug-likeness (QED) is 0.795. The topological polar surface area (TPSA) is 41.1 Å². The van der Waals surface area contributed by atoms with Crippen molar-refractivity contribution in [1.82, 2.24) is 5.32 Å². The first-order valence-corrected chi connectivity index (χ1v) is 8.12. The Bertz CT molecular complexity index is 688. The summed E-state index contributed by atoms with van der Waals surface area (Å²) >= 11 is 12.4. The monoisotopic (exact) mass is 350 g/mol. The Morgan fingerprint density at radius 3 is 2.22 bits per heavy atom. The van der Waals surface area contributed by atoms with Crippen LogP contribution < -0.4 is 10.6 Å². The van der Waals surface area contributed by atoms with Crippen LogP contribution in [0.4, 0.5) is 11.4 Å². The van der Waals surface area contributed by atoms with Gasteiger partial charge in [0.05, 0.1) is 22.2 Å². The van der Waals surface area contributed by atoms with Gasteiger partial charge >= 0.3 is 0 Å². The van der Waals surface area contributed by atoms with Crippen LogP contribution in [-0.4, -0.2) is 11.4 Å². The van der Waals surface area contributed by atoms with Gasteiger partial charge in [-0.1, -0.05) is 47.5 Å². The molecule has 122 valence electrons. The highest BCUT2D eigenvalue weighted by Crippen LogP contribution is 2.33. The highest BCUT2D eigenvalue weighted by molar-refractivity contribution is 6.39. The summed E-state index contributed by atoms with van der Waals surface area (Å²) in [5.41, 5.74) is 2.07. The molecule has 3 nitrogen and oxygen atoms in total. The molecule has 0 fully saturated rings. The summed E-state index contributed by atoms with van der Waals surface area (Å²) in [5, 5.41) is 7.26. The number of carbonyl (C=O) groups is 1. The molecule has 2 aromatic rings. The molecule has 2 rings (SSSR count). The Kier molecular flexibility index (Phi) is 5.55. The first-order valence-electron chi connectivity index (χ1n) is 7.36. The van der Waals surface area contributed by atoms with Crippen molar-refractivity contribution < 1.29 is 4.79 Å². The van der Waals surface area contributed by atoms with Crippen LogP contribution in [-0.2, 0) is 11.2 Å². The third-order valence-corrected chi connectivity index (χ3v) is 3.74. The number of carbonyl (C=O) groups excluding carboxylic acids is 1. The molecule has 0 aliphatic heterocycles. The molecule has 0 spiro atoms. The number of rotatable bonds is 4. The van der Waals surface area contributed by atoms with Crippen LogP contribution in [0.5, 0.6) is 0 Å². The molecule has 0 saturated carbocycles. The summed E-state index contributed by atoms with van der Waals surface area (Å²) < 4.78 is 0. The fourth-order valence-corrected chi connectivity index (χ4v) is 2.68. The molecule has 2 N–H and O–H groups in total. The first-order chi connectivity index (χ1) is 10.8. The van der Waals surface area contributed by atoms with E-state index < -0.39 is 0 Å². The Morgan fingerprint density at radius 1 is 1.00 bits per heavy atom. The Balaban J connectivity index is 2.23. The van der Waals surface area contributed by atoms with E-state index in [1.54, 1.807) is 18.2 Å². The second kappa shape index (κ2) is 7.24. The van der Waals surface area contributed by atoms with E-state index in [1.165, 1.54) is 0 Å². The molecular formula is C18H20Cl2N2O. The molecular weight excluding hydrogens is 331 g/mol. The number of hydrogen-bond acceptors (Lipinski definition) is 2. The van der Waals surface area contributed by atoms with E-state index in [1.807, 2.05) is 45.0 Å². The highest BCUT2D eigenvalue weighted by atomic mass is 35.5. The van der Waals surface area contributed by atoms with Crippen molar-refractivity contribution in [3.8, 4) is 0 Å². The molecule has 0 aliphatic carbocycles. The van der Waals surface area contributed by atoms with Gasteiger partial charge < -0.3 is 10.6 Å². The molecule has 0 heterocycles. The standard InChI is InChI=1S/C18H20Cl2N2O/c1-18(2,3)22-16(23)11-12-7-4-5-10-15(12)21-17-13(19)8-6-9-14(17)20/h4-10,21H,11H2,1-3H3,(H,22,23). The minimum atomic E-state index is -0.258. The fraction of sp³-hybridized carbons (Fsp3) is 0.278. The van der Waals surface area contributed by atoms with Gasteiger partial charge in [-0.2, -0.15) is 0 Å². The van der Waals surface area contributed by atoms with E-state index in [-0.39, 0.29) is 17.9 Å². The van der Waals surface area contributed by atoms with Gasteiger partial charge in [-0.15, -0.1) is 0 Å². The highest BCUT2D eigenvalue weighted by Gasteiger charge is 2.16. The average molecular weight is 351 g/mol. The molecule has 0 unspecified atom stereocenters. The first kappa shape index (κ1) is 17.6. The van der Waals surface area contributed by atoms with Crippen molar-refractivity contribution in [2.45, 2.75) is 32.7 Å². The van der Waals surface area contributed by atoms with E-state index in [4.69, 9.17) is 23.2 Å². The smallest absolute Gasteiger partial charge is 0.224 e. The lowest BCUT2D eigenvalue weighted by molar-refractivity contribution is -0.121. The largest absolute Gasteiger partial charge is 0.353 e. The zero-order valence-electron chi connectivity index (χ0n) is 13.4. The summed E-state index contributed by atoms with van der Waals surface area (Å²) in [7, 11) is 0. The summed E-state index contributed by atoms with van der Waals surface area (Å²) in [6.45, 7) is 5.87. The van der Waals surface area contributed by atoms with Crippen molar-refractivity contribution in [2.24, 2.45) is 0 Å². The predicted molar refractivity (Wildman–Crippen MR) is 97.8 cm³/mol. The fourth-order valence-electron chi connectivity index (χ4n) is 2.18. The van der Waals surface area contributed by atoms with Crippen molar-refractivity contribution in [3.05, 3.63) is 58.1 Å². The number of anilines is 2. The number of amides is 1. The SMILES string of the molecule is CC(C)(C)NC(=O)Cc1ccccc1Nc1c(Cl)cccc1Cl. The molecule has 0 atom stereocenters. The maximum absolute atomic E-state index is 12.2. The number of hydrogen-bond donors (Lipinski definition) is 2. The lowest BCUT2D eigenvalue weighted by Gasteiger charge is -2.21. The normalized spacial score (nSPS) is 11.2. The Morgan fingerprint density at radius 2 is 1.61 bits per heavy atom. The summed E-state index contributed by atoms with van der Waals surface area (Å²) in [4.78, 5) is 12.2. The molecule has 2 aromatic carbocycles. The molecule has 0 bridgehead atoms. The lowest BCUT2D eigenvalue weighted by atomic mass is 10.1. The zero-order valence-corrected chi connectivity index (χ0v) is 14.9. The van der Waals surface area contributed by atoms with Crippen molar-refractivity contribution in [1.29, 1.82) is 0 Å². The van der Waals surface area contributed by atoms with Gasteiger partial charge in [0, 0.05) is 11.2 Å². The Labute approximate surface area is 147 Å². The molecule has 0 radical (unpaired) electrons. The minimum absolute atomic E-state index is 0.0306. The van der Waals surface area contributed by atoms with Crippen LogP contribution in [0.2, 0.25) is 10.0 Å². The molecule has 0 saturated heterocycles. The van der Waals surface area contributed by atoms with Gasteiger partial charge in [-0.25, -0.2) is 0 Å². The van der Waals surface area contributed by atoms with E-state index in [2.05, 4.69) is 10.6 Å². The van der Waals surface area contributed by atoms with E-state index in [0.29, 0.717) is 15.7 Å². The van der Waals surface area contributed by atoms with E-state index >= 15 is 0 Å². The van der Waals surface area contributed by atoms with Crippen LogP contribution in [0.15, 0.2) is 42.5 Å². The van der Waals surface area contributed by atoms with Crippen LogP contribution >= 0.6 is 23.2 Å². The predicted octanol–water partition coefficient (Wildman–Crippen LogP) is 5.19. The van der Waals surface area contributed by atoms with E-state index in [9.17, 15) is 4.79 Å². The Hall–Kier alpha value is -1.71. The number of halogens is 2. The lowest BCUT2D eigenvalue weighted by Crippen LogP contribution is -2.41. The van der Waals surface area contributed by atoms with Gasteiger partial charge in [0.1, 0.15) is 0 Å². The van der Waals surface area contributed by atoms with Crippen LogP contribution in [0.3, 0.4) is 0 Å². The number of nitrogens with one attached hydrogen (secondary N) is 2. The molecule has 0 aliphatic rings. The van der Waals surface area contributed by atoms with Gasteiger partial charge in [-0.3, -0.25) is 4.79 Å². The molecule has 23 heavy (non-hydrogen) atoms. The summed E-state index contributed by atoms with van der Waals surface area (Å²) in [6.07, 6.45) is 0.280. The van der Waals surface area contributed by atoms with Gasteiger partial charge in [0.25, 0.3) is 0 Å². The average Bonchev–Trinajstić information content (AvgIpc) is 2.42. The van der Waals surface area contributed by atoms with E-state index in [0.717, 1.165) is 11.3 Å². The van der Waals surface area contributed by atoms with Gasteiger partial charge in [0.2, 0.25) is 5.91 Å². The summed E-state index contributed by atoms with van der Waals surface area (Å²) in [6, 6.07) is 12.9. The number of para-hydroxylation sites is 2. The van der Waals surface area contributed by atoms with Crippen molar-refractivity contribution in [2.75, 3.05) is 5.32 Å². The molecule has 0 aromatic heterocycles. The van der Waals surface area contributed by atoms with Crippen LogP contribution in [0.1, 0.15) is 26.3 Å². The minimum Gasteiger partial charge on any atom is -0.353 e. The maximum atomic E-state index is 12.2. The third-order valence-electron chi connectivity index (χ3n) is 3.11. The molecule has 1 amide bonds. The van der Waals surface area contributed by atoms with Crippen molar-refractivity contribution >= 4 is 40.5 Å². The second-order valence-corrected chi connectivity index (χ2v) is 7.17. The summed E-state index contributed by atoms with van der Waals surface area (Å²) in [5.74, 6) is -0.0306.